The average Bonchev–Trinajstić information content (AvgIpc) is 3.31. The number of carbonyl (C=O) groups excluding carboxylic acids is 1. The molecule has 2 heterocycles. The van der Waals surface area contributed by atoms with Gasteiger partial charge in [0.25, 0.3) is 0 Å². The molecule has 3 unspecified atom stereocenters. The third-order valence-electron chi connectivity index (χ3n) is 7.26. The van der Waals surface area contributed by atoms with Crippen molar-refractivity contribution in [3.8, 4) is 0 Å². The van der Waals surface area contributed by atoms with Gasteiger partial charge in [-0.15, -0.1) is 0 Å². The number of esters is 1. The van der Waals surface area contributed by atoms with Crippen LogP contribution < -0.4 is 0 Å². The summed E-state index contributed by atoms with van der Waals surface area (Å²) in [7, 11) is 0. The largest absolute Gasteiger partial charge is 0.481 e. The predicted molar refractivity (Wildman–Crippen MR) is 123 cm³/mol. The molecular formula is C25H42O9. The van der Waals surface area contributed by atoms with E-state index in [2.05, 4.69) is 34.6 Å². The molecule has 0 amide bonds. The highest BCUT2D eigenvalue weighted by Gasteiger charge is 2.53. The van der Waals surface area contributed by atoms with Crippen molar-refractivity contribution in [2.75, 3.05) is 13.2 Å². The van der Waals surface area contributed by atoms with Crippen molar-refractivity contribution in [3.63, 3.8) is 0 Å². The van der Waals surface area contributed by atoms with Gasteiger partial charge in [-0.2, -0.15) is 0 Å². The first-order valence-corrected chi connectivity index (χ1v) is 12.4. The summed E-state index contributed by atoms with van der Waals surface area (Å²) in [4.78, 5) is 34.2. The van der Waals surface area contributed by atoms with Gasteiger partial charge in [0, 0.05) is 6.42 Å². The Bertz CT molecular complexity index is 706. The monoisotopic (exact) mass is 486 g/mol. The van der Waals surface area contributed by atoms with E-state index in [4.69, 9.17) is 24.1 Å². The van der Waals surface area contributed by atoms with Gasteiger partial charge < -0.3 is 29.2 Å². The second-order valence-electron chi connectivity index (χ2n) is 10.5. The number of carboxylic acids is 2. The zero-order chi connectivity index (χ0) is 25.6. The number of carbonyl (C=O) groups is 3. The molecule has 0 aromatic carbocycles. The Hall–Kier alpha value is -1.71. The Morgan fingerprint density at radius 3 is 1.97 bits per heavy atom. The number of rotatable bonds is 14. The second kappa shape index (κ2) is 12.3. The van der Waals surface area contributed by atoms with Crippen molar-refractivity contribution in [3.05, 3.63) is 0 Å². The molecule has 2 N–H and O–H groups in total. The van der Waals surface area contributed by atoms with E-state index >= 15 is 0 Å². The lowest BCUT2D eigenvalue weighted by atomic mass is 9.66. The van der Waals surface area contributed by atoms with Crippen LogP contribution in [0, 0.1) is 23.7 Å². The minimum absolute atomic E-state index is 0.000590. The normalized spacial score (nSPS) is 27.9. The molecular weight excluding hydrogens is 444 g/mol. The van der Waals surface area contributed by atoms with Gasteiger partial charge in [0.05, 0.1) is 31.7 Å². The van der Waals surface area contributed by atoms with Crippen molar-refractivity contribution in [1.29, 1.82) is 0 Å². The average molecular weight is 487 g/mol. The fourth-order valence-corrected chi connectivity index (χ4v) is 5.87. The maximum absolute atomic E-state index is 12.0. The summed E-state index contributed by atoms with van der Waals surface area (Å²) in [5.41, 5.74) is -0.708. The SMILES string of the molecule is CCC(C(C)C)C(C(C)C)C(C)(CCC(=O)O)O[C@@H]1CO[C@H]2[C@@H]1OC[C@H]2OC(=O)CCC(=O)O. The summed E-state index contributed by atoms with van der Waals surface area (Å²) in [5.74, 6) is -1.35. The minimum Gasteiger partial charge on any atom is -0.481 e. The van der Waals surface area contributed by atoms with Crippen LogP contribution in [0.1, 0.15) is 73.6 Å². The smallest absolute Gasteiger partial charge is 0.306 e. The van der Waals surface area contributed by atoms with E-state index in [9.17, 15) is 19.5 Å². The molecule has 0 saturated carbocycles. The van der Waals surface area contributed by atoms with E-state index in [1.54, 1.807) is 0 Å². The highest BCUT2D eigenvalue weighted by molar-refractivity contribution is 5.76. The molecule has 9 heteroatoms. The van der Waals surface area contributed by atoms with Gasteiger partial charge in [0.2, 0.25) is 0 Å². The third kappa shape index (κ3) is 7.15. The van der Waals surface area contributed by atoms with Gasteiger partial charge in [-0.3, -0.25) is 14.4 Å². The third-order valence-corrected chi connectivity index (χ3v) is 7.26. The van der Waals surface area contributed by atoms with E-state index in [0.29, 0.717) is 18.3 Å². The van der Waals surface area contributed by atoms with E-state index < -0.39 is 47.9 Å². The van der Waals surface area contributed by atoms with E-state index in [0.717, 1.165) is 6.42 Å². The number of ether oxygens (including phenoxy) is 4. The fourth-order valence-electron chi connectivity index (χ4n) is 5.87. The van der Waals surface area contributed by atoms with Gasteiger partial charge in [-0.25, -0.2) is 0 Å². The van der Waals surface area contributed by atoms with Gasteiger partial charge in [0.1, 0.15) is 18.3 Å². The molecule has 0 spiro atoms. The number of fused-ring (bicyclic) bond motifs is 1. The quantitative estimate of drug-likeness (QED) is 0.354. The van der Waals surface area contributed by atoms with Crippen LogP contribution >= 0.6 is 0 Å². The molecule has 2 saturated heterocycles. The fraction of sp³-hybridized carbons (Fsp3) is 0.880. The van der Waals surface area contributed by atoms with Crippen LogP contribution in [0.15, 0.2) is 0 Å². The highest BCUT2D eigenvalue weighted by Crippen LogP contribution is 2.44. The Morgan fingerprint density at radius 2 is 1.47 bits per heavy atom. The van der Waals surface area contributed by atoms with Crippen LogP contribution in [-0.2, 0) is 33.3 Å². The Kier molecular flexibility index (Phi) is 10.3. The standard InChI is InChI=1S/C25H42O9/c1-7-16(14(2)3)22(15(4)5)25(6,11-10-20(28)29)34-18-13-32-23-17(12-31-24(18)23)33-21(30)9-8-19(26)27/h14-18,22-24H,7-13H2,1-6H3,(H,26,27)(H,28,29)/t16?,17-,18-,22?,23-,24-,25?/m1/s1. The number of carboxylic acid groups (broad SMARTS) is 2. The lowest BCUT2D eigenvalue weighted by molar-refractivity contribution is -0.175. The lowest BCUT2D eigenvalue weighted by Crippen LogP contribution is -2.50. The summed E-state index contributed by atoms with van der Waals surface area (Å²) in [6, 6.07) is 0. The van der Waals surface area contributed by atoms with Crippen LogP contribution in [0.4, 0.5) is 0 Å². The zero-order valence-electron chi connectivity index (χ0n) is 21.3. The molecule has 9 nitrogen and oxygen atoms in total. The summed E-state index contributed by atoms with van der Waals surface area (Å²) in [6.45, 7) is 13.3. The molecule has 2 fully saturated rings. The molecule has 2 rings (SSSR count). The Morgan fingerprint density at radius 1 is 0.912 bits per heavy atom. The summed E-state index contributed by atoms with van der Waals surface area (Å²) >= 11 is 0. The molecule has 0 aromatic heterocycles. The van der Waals surface area contributed by atoms with E-state index in [1.165, 1.54) is 0 Å². The summed E-state index contributed by atoms with van der Waals surface area (Å²) < 4.78 is 24.0. The maximum atomic E-state index is 12.0. The predicted octanol–water partition coefficient (Wildman–Crippen LogP) is 3.52. The minimum atomic E-state index is -1.06. The molecule has 7 atom stereocenters. The van der Waals surface area contributed by atoms with Crippen molar-refractivity contribution in [2.45, 2.75) is 104 Å². The van der Waals surface area contributed by atoms with Crippen LogP contribution in [0.2, 0.25) is 0 Å². The lowest BCUT2D eigenvalue weighted by Gasteiger charge is -2.47. The van der Waals surface area contributed by atoms with Crippen molar-refractivity contribution in [1.82, 2.24) is 0 Å². The molecule has 0 radical (unpaired) electrons. The second-order valence-corrected chi connectivity index (χ2v) is 10.5. The first-order valence-electron chi connectivity index (χ1n) is 12.4. The molecule has 0 aliphatic carbocycles. The first kappa shape index (κ1) is 28.5. The number of aliphatic carboxylic acids is 2. The highest BCUT2D eigenvalue weighted by atomic mass is 16.7. The van der Waals surface area contributed by atoms with E-state index in [1.807, 2.05) is 6.92 Å². The van der Waals surface area contributed by atoms with Crippen molar-refractivity contribution < 1.29 is 43.5 Å². The maximum Gasteiger partial charge on any atom is 0.306 e. The summed E-state index contributed by atoms with van der Waals surface area (Å²) in [6.07, 6.45) is -1.13. The van der Waals surface area contributed by atoms with Crippen LogP contribution in [-0.4, -0.2) is 71.4 Å². The topological polar surface area (TPSA) is 129 Å². The Balaban J connectivity index is 2.17. The molecule has 196 valence electrons. The van der Waals surface area contributed by atoms with E-state index in [-0.39, 0.29) is 44.3 Å². The molecule has 0 aromatic rings. The van der Waals surface area contributed by atoms with Crippen LogP contribution in [0.5, 0.6) is 0 Å². The molecule has 0 bridgehead atoms. The van der Waals surface area contributed by atoms with Crippen molar-refractivity contribution >= 4 is 17.9 Å². The van der Waals surface area contributed by atoms with Gasteiger partial charge >= 0.3 is 17.9 Å². The molecule has 2 aliphatic rings. The Labute approximate surface area is 202 Å². The van der Waals surface area contributed by atoms with Gasteiger partial charge in [-0.05, 0) is 37.0 Å². The zero-order valence-corrected chi connectivity index (χ0v) is 21.3. The van der Waals surface area contributed by atoms with Crippen molar-refractivity contribution in [2.24, 2.45) is 23.7 Å². The van der Waals surface area contributed by atoms with Crippen LogP contribution in [0.3, 0.4) is 0 Å². The van der Waals surface area contributed by atoms with Gasteiger partial charge in [-0.1, -0.05) is 41.0 Å². The number of hydrogen-bond donors (Lipinski definition) is 2. The summed E-state index contributed by atoms with van der Waals surface area (Å²) in [5, 5.41) is 18.2. The van der Waals surface area contributed by atoms with Crippen LogP contribution in [0.25, 0.3) is 0 Å². The van der Waals surface area contributed by atoms with Gasteiger partial charge in [0.15, 0.2) is 6.10 Å². The first-order chi connectivity index (χ1) is 15.9. The molecule has 2 aliphatic heterocycles. The molecule has 34 heavy (non-hydrogen) atoms. The number of hydrogen-bond acceptors (Lipinski definition) is 7.